The Hall–Kier alpha value is -10.4. The molecule has 0 fully saturated rings. The van der Waals surface area contributed by atoms with Crippen LogP contribution in [-0.2, 0) is 43.3 Å². The lowest BCUT2D eigenvalue weighted by Gasteiger charge is -2.26. The van der Waals surface area contributed by atoms with Gasteiger partial charge in [0.1, 0.15) is 0 Å². The molecule has 106 heavy (non-hydrogen) atoms. The topological polar surface area (TPSA) is 115 Å². The first-order valence-electron chi connectivity index (χ1n) is 37.9. The monoisotopic (exact) mass is 1390 g/mol. The van der Waals surface area contributed by atoms with Crippen molar-refractivity contribution < 1.29 is 0 Å². The molecule has 0 radical (unpaired) electrons. The van der Waals surface area contributed by atoms with E-state index in [2.05, 4.69) is 380 Å². The summed E-state index contributed by atoms with van der Waals surface area (Å²) in [6.07, 6.45) is 17.3. The maximum atomic E-state index is 5.81. The second-order valence-corrected chi connectivity index (χ2v) is 38.2. The van der Waals surface area contributed by atoms with Crippen LogP contribution in [0.4, 0.5) is 0 Å². The Kier molecular flexibility index (Phi) is 17.6. The van der Waals surface area contributed by atoms with Crippen LogP contribution >= 0.6 is 0 Å². The second-order valence-electron chi connectivity index (χ2n) is 38.2. The van der Waals surface area contributed by atoms with Crippen LogP contribution in [0.1, 0.15) is 267 Å². The molecule has 0 unspecified atom stereocenters. The number of aromatic amines is 4. The molecule has 14 rings (SSSR count). The number of fused-ring (bicyclic) bond motifs is 16. The summed E-state index contributed by atoms with van der Waals surface area (Å²) in [5, 5.41) is 0. The highest BCUT2D eigenvalue weighted by molar-refractivity contribution is 5.98. The van der Waals surface area contributed by atoms with Crippen LogP contribution in [0.15, 0.2) is 133 Å². The van der Waals surface area contributed by atoms with E-state index in [0.29, 0.717) is 0 Å². The molecule has 4 N–H and O–H groups in total. The van der Waals surface area contributed by atoms with Crippen LogP contribution in [-0.4, -0.2) is 39.9 Å². The number of rotatable bonds is 4. The fourth-order valence-corrected chi connectivity index (χ4v) is 14.4. The SMILES string of the molecule is CC(C)(C)c1cc(-c2c3nc(c(C#Cc4c5nc(c(-c6cc(C(C)(C)C)cc(C(C)(C)C)c6)c6ccc(cc7nc(c(-c8cc(C(C)(C)C)cc(C(C)(C)C)c8)c8ccc4[nH]8)C=C7)[nH]6)C=C5)c4ccc([nH]4)c(-c4cc(C(C)(C)C)cc(C(C)(C)C)c4)c4nc(cc5ccc2[nH]5)C=C4)C=C3)cc(C(C)(C)C)c1. The molecule has 10 heterocycles. The average Bonchev–Trinajstić information content (AvgIpc) is 1.50. The summed E-state index contributed by atoms with van der Waals surface area (Å²) >= 11 is 0. The Morgan fingerprint density at radius 3 is 0.698 bits per heavy atom. The third-order valence-electron chi connectivity index (χ3n) is 21.3. The van der Waals surface area contributed by atoms with Gasteiger partial charge in [-0.2, -0.15) is 0 Å². The molecule has 4 aromatic carbocycles. The Morgan fingerprint density at radius 1 is 0.217 bits per heavy atom. The number of H-pyrrole nitrogens is 4. The number of benzene rings is 4. The van der Waals surface area contributed by atoms with Gasteiger partial charge in [0.05, 0.1) is 67.7 Å². The smallest absolute Gasteiger partial charge is 0.0815 e. The number of hydrogen-bond donors (Lipinski definition) is 4. The van der Waals surface area contributed by atoms with Crippen molar-refractivity contribution in [2.45, 2.75) is 209 Å². The summed E-state index contributed by atoms with van der Waals surface area (Å²) in [6.45, 7) is 55.2. The molecule has 538 valence electrons. The highest BCUT2D eigenvalue weighted by Crippen LogP contribution is 2.44. The van der Waals surface area contributed by atoms with E-state index in [-0.39, 0.29) is 43.3 Å². The van der Waals surface area contributed by atoms with Crippen LogP contribution in [0, 0.1) is 11.8 Å². The van der Waals surface area contributed by atoms with Gasteiger partial charge in [0, 0.05) is 55.4 Å². The lowest BCUT2D eigenvalue weighted by Crippen LogP contribution is -2.16. The molecule has 8 heteroatoms. The van der Waals surface area contributed by atoms with E-state index in [1.807, 2.05) is 0 Å². The first-order valence-corrected chi connectivity index (χ1v) is 37.9. The van der Waals surface area contributed by atoms with E-state index in [1.54, 1.807) is 0 Å². The molecule has 10 aromatic rings. The highest BCUT2D eigenvalue weighted by Gasteiger charge is 2.29. The number of nitrogens with zero attached hydrogens (tertiary/aromatic N) is 4. The Morgan fingerprint density at radius 2 is 0.434 bits per heavy atom. The molecule has 0 saturated carbocycles. The lowest BCUT2D eigenvalue weighted by atomic mass is 9.78. The number of nitrogens with one attached hydrogen (secondary N) is 4. The third kappa shape index (κ3) is 14.6. The Bertz CT molecular complexity index is 5210. The maximum Gasteiger partial charge on any atom is 0.0815 e. The minimum Gasteiger partial charge on any atom is -0.355 e. The molecule has 0 atom stereocenters. The third-order valence-corrected chi connectivity index (χ3v) is 21.3. The van der Waals surface area contributed by atoms with Gasteiger partial charge in [0.2, 0.25) is 0 Å². The predicted octanol–water partition coefficient (Wildman–Crippen LogP) is 26.1. The fourth-order valence-electron chi connectivity index (χ4n) is 14.4. The van der Waals surface area contributed by atoms with E-state index in [4.69, 9.17) is 19.9 Å². The van der Waals surface area contributed by atoms with Gasteiger partial charge in [-0.3, -0.25) is 0 Å². The Labute approximate surface area is 629 Å². The van der Waals surface area contributed by atoms with Crippen LogP contribution in [0.2, 0.25) is 0 Å². The number of aromatic nitrogens is 8. The predicted molar refractivity (Wildman–Crippen MR) is 455 cm³/mol. The molecule has 6 aromatic heterocycles. The molecule has 16 bridgehead atoms. The molecule has 0 spiro atoms. The minimum atomic E-state index is -0.136. The van der Waals surface area contributed by atoms with Crippen molar-refractivity contribution in [1.82, 2.24) is 39.9 Å². The Balaban J connectivity index is 1.14. The first kappa shape index (κ1) is 72.6. The van der Waals surface area contributed by atoms with E-state index >= 15 is 0 Å². The van der Waals surface area contributed by atoms with Gasteiger partial charge in [-0.25, -0.2) is 19.9 Å². The van der Waals surface area contributed by atoms with Gasteiger partial charge in [0.25, 0.3) is 0 Å². The largest absolute Gasteiger partial charge is 0.355 e. The quantitative estimate of drug-likeness (QED) is 0.131. The zero-order valence-electron chi connectivity index (χ0n) is 67.1. The lowest BCUT2D eigenvalue weighted by molar-refractivity contribution is 0.568. The van der Waals surface area contributed by atoms with E-state index in [0.717, 1.165) is 145 Å². The van der Waals surface area contributed by atoms with Gasteiger partial charge in [0.15, 0.2) is 0 Å². The summed E-state index contributed by atoms with van der Waals surface area (Å²) in [5.74, 6) is 7.87. The minimum absolute atomic E-state index is 0.136. The molecule has 0 saturated heterocycles. The molecule has 0 aliphatic carbocycles. The summed E-state index contributed by atoms with van der Waals surface area (Å²) in [5.41, 5.74) is 32.5. The molecule has 0 amide bonds. The molecular weight excluding hydrogens is 1290 g/mol. The standard InChI is InChI=1S/C98H106N8/c1-91(2,3)61-43-57(44-62(51-61)92(4,5)6)87-79-31-25-69(99-79)55-70-26-32-80(100-70)88(58-45-63(93(7,8)9)52-64(46-58)94(10,11)12)84-40-36-76(104-84)73(75-35-39-83(87)103-75)29-30-74-77-37-41-85(105-77)89(59-47-65(95(13,14)15)53-66(48-59)96(16,17)18)81-33-27-71(101-81)56-72-28-34-82(102-72)90(86-42-38-78(74)106-86)60-49-67(97(19,20)21)54-68(50-60)98(22,23)24/h25-28,31-56,99,101,104,106H,1-24H3. The summed E-state index contributed by atoms with van der Waals surface area (Å²) in [6, 6.07) is 50.3. The van der Waals surface area contributed by atoms with Crippen molar-refractivity contribution in [3.05, 3.63) is 235 Å². The zero-order valence-corrected chi connectivity index (χ0v) is 67.1. The zero-order chi connectivity index (χ0) is 75.9. The van der Waals surface area contributed by atoms with Gasteiger partial charge in [-0.05, 0) is 219 Å². The highest BCUT2D eigenvalue weighted by atomic mass is 14.8. The van der Waals surface area contributed by atoms with Crippen LogP contribution in [0.5, 0.6) is 0 Å². The summed E-state index contributed by atoms with van der Waals surface area (Å²) < 4.78 is 0. The van der Waals surface area contributed by atoms with Gasteiger partial charge < -0.3 is 19.9 Å². The summed E-state index contributed by atoms with van der Waals surface area (Å²) in [4.78, 5) is 38.5. The fraction of sp³-hybridized carbons (Fsp3) is 0.327. The van der Waals surface area contributed by atoms with Crippen LogP contribution < -0.4 is 0 Å². The van der Waals surface area contributed by atoms with Crippen molar-refractivity contribution in [1.29, 1.82) is 0 Å². The van der Waals surface area contributed by atoms with Crippen molar-refractivity contribution in [3.63, 3.8) is 0 Å². The normalized spacial score (nSPS) is 13.6. The average molecular weight is 1400 g/mol. The molecule has 4 aliphatic heterocycles. The van der Waals surface area contributed by atoms with E-state index in [9.17, 15) is 0 Å². The van der Waals surface area contributed by atoms with E-state index in [1.165, 1.54) is 44.5 Å². The molecule has 8 nitrogen and oxygen atoms in total. The van der Waals surface area contributed by atoms with E-state index < -0.39 is 0 Å². The molecule has 4 aliphatic rings. The number of hydrogen-bond acceptors (Lipinski definition) is 4. The second kappa shape index (κ2) is 25.7. The maximum absolute atomic E-state index is 5.81. The van der Waals surface area contributed by atoms with Gasteiger partial charge >= 0.3 is 0 Å². The van der Waals surface area contributed by atoms with Crippen molar-refractivity contribution in [2.75, 3.05) is 0 Å². The summed E-state index contributed by atoms with van der Waals surface area (Å²) in [7, 11) is 0. The molecular formula is C98H106N8. The van der Waals surface area contributed by atoms with Crippen molar-refractivity contribution >= 4 is 92.7 Å². The van der Waals surface area contributed by atoms with Crippen LogP contribution in [0.25, 0.3) is 137 Å². The van der Waals surface area contributed by atoms with Crippen molar-refractivity contribution in [3.8, 4) is 56.3 Å². The van der Waals surface area contributed by atoms with Gasteiger partial charge in [-0.1, -0.05) is 251 Å². The first-order chi connectivity index (χ1) is 49.5. The van der Waals surface area contributed by atoms with Crippen LogP contribution in [0.3, 0.4) is 0 Å². The van der Waals surface area contributed by atoms with Crippen molar-refractivity contribution in [2.24, 2.45) is 0 Å². The van der Waals surface area contributed by atoms with Gasteiger partial charge in [-0.15, -0.1) is 0 Å².